The number of nitrogens with one attached hydrogen (secondary N) is 1. The fourth-order valence-corrected chi connectivity index (χ4v) is 3.77. The lowest BCUT2D eigenvalue weighted by Crippen LogP contribution is -2.37. The summed E-state index contributed by atoms with van der Waals surface area (Å²) in [4.78, 5) is 52.3. The molecule has 1 saturated heterocycles. The summed E-state index contributed by atoms with van der Waals surface area (Å²) >= 11 is 0. The number of imide groups is 1. The third-order valence-electron chi connectivity index (χ3n) is 5.26. The Hall–Kier alpha value is -3.68. The molecule has 1 N–H and O–H groups in total. The summed E-state index contributed by atoms with van der Waals surface area (Å²) in [5.41, 5.74) is 1.63. The molecule has 2 aliphatic heterocycles. The van der Waals surface area contributed by atoms with E-state index in [0.29, 0.717) is 41.2 Å². The molecule has 0 atom stereocenters. The number of hydrogen-bond donors (Lipinski definition) is 1. The molecule has 0 radical (unpaired) electrons. The highest BCUT2D eigenvalue weighted by Gasteiger charge is 2.36. The number of carbonyl (C=O) groups excluding carboxylic acids is 4. The Morgan fingerprint density at radius 3 is 2.37 bits per heavy atom. The minimum atomic E-state index is -0.509. The van der Waals surface area contributed by atoms with Crippen molar-refractivity contribution in [2.75, 3.05) is 30.4 Å². The zero-order valence-electron chi connectivity index (χ0n) is 16.5. The monoisotopic (exact) mass is 407 g/mol. The van der Waals surface area contributed by atoms with Gasteiger partial charge in [-0.15, -0.1) is 0 Å². The Morgan fingerprint density at radius 1 is 1.03 bits per heavy atom. The third-order valence-corrected chi connectivity index (χ3v) is 5.26. The van der Waals surface area contributed by atoms with E-state index in [9.17, 15) is 19.2 Å². The van der Waals surface area contributed by atoms with Gasteiger partial charge in [0.25, 0.3) is 11.8 Å². The molecule has 8 nitrogen and oxygen atoms in total. The van der Waals surface area contributed by atoms with E-state index in [2.05, 4.69) is 5.32 Å². The molecule has 4 amide bonds. The highest BCUT2D eigenvalue weighted by Crippen LogP contribution is 2.33. The predicted molar refractivity (Wildman–Crippen MR) is 110 cm³/mol. The number of hydrogen-bond acceptors (Lipinski definition) is 5. The standard InChI is InChI=1S/C22H21N3O5/c1-30-18-10-9-14(12-17(18)24-11-5-4-8-20(24)27)23-19(26)13-25-21(28)15-6-2-3-7-16(15)22(25)29/h2-3,6-7,9-10,12H,4-5,8,11,13H2,1H3,(H,23,26). The highest BCUT2D eigenvalue weighted by atomic mass is 16.5. The van der Waals surface area contributed by atoms with Crippen molar-refractivity contribution in [2.24, 2.45) is 0 Å². The number of piperidine rings is 1. The van der Waals surface area contributed by atoms with Crippen LogP contribution in [0.1, 0.15) is 40.0 Å². The van der Waals surface area contributed by atoms with Gasteiger partial charge in [0.1, 0.15) is 12.3 Å². The fraction of sp³-hybridized carbons (Fsp3) is 0.273. The molecule has 154 valence electrons. The van der Waals surface area contributed by atoms with E-state index in [1.165, 1.54) is 7.11 Å². The quantitative estimate of drug-likeness (QED) is 0.768. The number of anilines is 2. The average Bonchev–Trinajstić information content (AvgIpc) is 2.99. The second kappa shape index (κ2) is 7.98. The number of fused-ring (bicyclic) bond motifs is 1. The molecule has 4 rings (SSSR count). The smallest absolute Gasteiger partial charge is 0.262 e. The summed E-state index contributed by atoms with van der Waals surface area (Å²) in [6.45, 7) is 0.192. The van der Waals surface area contributed by atoms with E-state index in [1.807, 2.05) is 0 Å². The molecule has 2 heterocycles. The first kappa shape index (κ1) is 19.6. The molecule has 8 heteroatoms. The lowest BCUT2D eigenvalue weighted by Gasteiger charge is -2.28. The van der Waals surface area contributed by atoms with Gasteiger partial charge in [0, 0.05) is 18.7 Å². The summed E-state index contributed by atoms with van der Waals surface area (Å²) in [5, 5.41) is 2.70. The Morgan fingerprint density at radius 2 is 1.73 bits per heavy atom. The van der Waals surface area contributed by atoms with Crippen molar-refractivity contribution in [3.05, 3.63) is 53.6 Å². The maximum absolute atomic E-state index is 12.5. The van der Waals surface area contributed by atoms with Gasteiger partial charge in [-0.1, -0.05) is 12.1 Å². The first-order valence-electron chi connectivity index (χ1n) is 9.73. The van der Waals surface area contributed by atoms with Gasteiger partial charge in [0.15, 0.2) is 0 Å². The van der Waals surface area contributed by atoms with Crippen LogP contribution in [0, 0.1) is 0 Å². The zero-order chi connectivity index (χ0) is 21.3. The normalized spacial score (nSPS) is 16.0. The van der Waals surface area contributed by atoms with E-state index in [4.69, 9.17) is 4.74 Å². The molecule has 30 heavy (non-hydrogen) atoms. The Labute approximate surface area is 173 Å². The van der Waals surface area contributed by atoms with E-state index < -0.39 is 24.3 Å². The molecule has 0 aromatic heterocycles. The van der Waals surface area contributed by atoms with Crippen molar-refractivity contribution in [1.82, 2.24) is 4.90 Å². The van der Waals surface area contributed by atoms with Crippen LogP contribution in [0.5, 0.6) is 5.75 Å². The Balaban J connectivity index is 1.50. The van der Waals surface area contributed by atoms with Crippen LogP contribution >= 0.6 is 0 Å². The molecule has 2 aromatic rings. The van der Waals surface area contributed by atoms with Crippen molar-refractivity contribution < 1.29 is 23.9 Å². The summed E-state index contributed by atoms with van der Waals surface area (Å²) in [6.07, 6.45) is 2.22. The molecular formula is C22H21N3O5. The first-order chi connectivity index (χ1) is 14.5. The van der Waals surface area contributed by atoms with Crippen molar-refractivity contribution in [3.8, 4) is 5.75 Å². The van der Waals surface area contributed by atoms with Crippen LogP contribution in [-0.4, -0.2) is 48.7 Å². The van der Waals surface area contributed by atoms with Gasteiger partial charge >= 0.3 is 0 Å². The number of ether oxygens (including phenoxy) is 1. The average molecular weight is 407 g/mol. The number of rotatable bonds is 5. The van der Waals surface area contributed by atoms with E-state index in [-0.39, 0.29) is 5.91 Å². The number of benzene rings is 2. The van der Waals surface area contributed by atoms with Crippen molar-refractivity contribution >= 4 is 35.0 Å². The second-order valence-corrected chi connectivity index (χ2v) is 7.18. The van der Waals surface area contributed by atoms with Gasteiger partial charge in [0.05, 0.1) is 23.9 Å². The summed E-state index contributed by atoms with van der Waals surface area (Å²) < 4.78 is 5.37. The van der Waals surface area contributed by atoms with Crippen molar-refractivity contribution in [1.29, 1.82) is 0 Å². The fourth-order valence-electron chi connectivity index (χ4n) is 3.77. The summed E-state index contributed by atoms with van der Waals surface area (Å²) in [7, 11) is 1.52. The van der Waals surface area contributed by atoms with E-state index in [1.54, 1.807) is 47.4 Å². The maximum Gasteiger partial charge on any atom is 0.262 e. The minimum absolute atomic E-state index is 0.00838. The van der Waals surface area contributed by atoms with Gasteiger partial charge in [0.2, 0.25) is 11.8 Å². The van der Waals surface area contributed by atoms with Crippen LogP contribution in [0.2, 0.25) is 0 Å². The van der Waals surface area contributed by atoms with E-state index >= 15 is 0 Å². The van der Waals surface area contributed by atoms with E-state index in [0.717, 1.165) is 17.7 Å². The lowest BCUT2D eigenvalue weighted by molar-refractivity contribution is -0.119. The van der Waals surface area contributed by atoms with Gasteiger partial charge in [-0.3, -0.25) is 24.1 Å². The molecule has 0 unspecified atom stereocenters. The lowest BCUT2D eigenvalue weighted by atomic mass is 10.1. The maximum atomic E-state index is 12.5. The van der Waals surface area contributed by atoms with Gasteiger partial charge in [-0.2, -0.15) is 0 Å². The van der Waals surface area contributed by atoms with Gasteiger partial charge in [-0.25, -0.2) is 0 Å². The molecule has 2 aromatic carbocycles. The summed E-state index contributed by atoms with van der Waals surface area (Å²) in [6, 6.07) is 11.5. The Bertz CT molecular complexity index is 1010. The summed E-state index contributed by atoms with van der Waals surface area (Å²) in [5.74, 6) is -0.941. The zero-order valence-corrected chi connectivity index (χ0v) is 16.5. The highest BCUT2D eigenvalue weighted by molar-refractivity contribution is 6.22. The molecule has 0 bridgehead atoms. The van der Waals surface area contributed by atoms with Gasteiger partial charge in [-0.05, 0) is 43.2 Å². The predicted octanol–water partition coefficient (Wildman–Crippen LogP) is 2.45. The molecular weight excluding hydrogens is 386 g/mol. The molecule has 0 spiro atoms. The Kier molecular flexibility index (Phi) is 5.22. The SMILES string of the molecule is COc1ccc(NC(=O)CN2C(=O)c3ccccc3C2=O)cc1N1CCCCC1=O. The van der Waals surface area contributed by atoms with Gasteiger partial charge < -0.3 is 15.0 Å². The number of methoxy groups -OCH3 is 1. The third kappa shape index (κ3) is 3.52. The molecule has 0 saturated carbocycles. The van der Waals surface area contributed by atoms with Crippen LogP contribution in [0.25, 0.3) is 0 Å². The number of nitrogens with zero attached hydrogens (tertiary/aromatic N) is 2. The second-order valence-electron chi connectivity index (χ2n) is 7.18. The largest absolute Gasteiger partial charge is 0.495 e. The molecule has 2 aliphatic rings. The van der Waals surface area contributed by atoms with Crippen LogP contribution in [0.4, 0.5) is 11.4 Å². The van der Waals surface area contributed by atoms with Crippen LogP contribution < -0.4 is 15.0 Å². The number of carbonyl (C=O) groups is 4. The minimum Gasteiger partial charge on any atom is -0.495 e. The van der Waals surface area contributed by atoms with Crippen LogP contribution in [-0.2, 0) is 9.59 Å². The topological polar surface area (TPSA) is 96.0 Å². The molecule has 1 fully saturated rings. The van der Waals surface area contributed by atoms with Crippen molar-refractivity contribution in [3.63, 3.8) is 0 Å². The number of amides is 4. The van der Waals surface area contributed by atoms with Crippen molar-refractivity contribution in [2.45, 2.75) is 19.3 Å². The first-order valence-corrected chi connectivity index (χ1v) is 9.73. The van der Waals surface area contributed by atoms with Crippen LogP contribution in [0.15, 0.2) is 42.5 Å². The molecule has 0 aliphatic carbocycles. The van der Waals surface area contributed by atoms with Crippen LogP contribution in [0.3, 0.4) is 0 Å².